The average Bonchev–Trinajstić information content (AvgIpc) is 1.62. The Morgan fingerprint density at radius 2 is 1.21 bits per heavy atom. The molecule has 9 aromatic rings. The van der Waals surface area contributed by atoms with Gasteiger partial charge in [0.2, 0.25) is 0 Å². The van der Waals surface area contributed by atoms with Gasteiger partial charge in [0.05, 0.1) is 87.4 Å². The number of rotatable bonds is 18. The van der Waals surface area contributed by atoms with Crippen LogP contribution in [-0.4, -0.2) is 201 Å². The Balaban J connectivity index is 0.000000187. The SMILES string of the molecule is CC[C@H]1O[C@@H](n2cnc3c(N(C)C(=O)c4ccccc4)ncnc32)[C@H](F)[C@@H]1OP(=S)(OCCC#N)OC[C@H]1O[C@@H](n2cnc3c(C)ncnc32)[C@H](F)[C@@H]1O[P+](=O)O.CCc1ncnc2c1ncn2[C@@H]1O[C@@H]2COP(O)(=S)O[C@H]3[C@@H](F)[C@H](n4cnc5c(C)ncnc54)O[C@@H]3COP(=O)(S)O[C@H]2[C@H]1F. The summed E-state index contributed by atoms with van der Waals surface area (Å²) >= 11 is 15.0. The van der Waals surface area contributed by atoms with E-state index in [0.717, 1.165) is 0 Å². The van der Waals surface area contributed by atoms with Gasteiger partial charge in [-0.2, -0.15) is 5.26 Å². The van der Waals surface area contributed by atoms with Crippen molar-refractivity contribution < 1.29 is 96.4 Å². The molecule has 0 bridgehead atoms. The lowest BCUT2D eigenvalue weighted by Gasteiger charge is -2.29. The van der Waals surface area contributed by atoms with Crippen LogP contribution in [0, 0.1) is 25.2 Å². The Morgan fingerprint density at radius 3 is 1.77 bits per heavy atom. The van der Waals surface area contributed by atoms with E-state index in [1.54, 1.807) is 51.1 Å². The van der Waals surface area contributed by atoms with E-state index in [4.69, 9.17) is 78.8 Å². The summed E-state index contributed by atoms with van der Waals surface area (Å²) in [5.74, 6) is -0.170. The number of thiol groups is 1. The molecule has 0 spiro atoms. The maximum absolute atomic E-state index is 16.7. The Bertz CT molecular complexity index is 4790. The number of aromatic nitrogens is 16. The number of halogens is 4. The summed E-state index contributed by atoms with van der Waals surface area (Å²) < 4.78 is 164. The number of carbonyl (C=O) groups is 1. The van der Waals surface area contributed by atoms with Gasteiger partial charge in [-0.1, -0.05) is 44.3 Å². The molecule has 8 aromatic heterocycles. The second-order valence-corrected chi connectivity index (χ2v) is 32.6. The Labute approximate surface area is 591 Å². The molecule has 0 saturated carbocycles. The smallest absolute Gasteiger partial charge is 0.349 e. The molecule has 5 aliphatic rings. The van der Waals surface area contributed by atoms with Crippen LogP contribution in [0.25, 0.3) is 44.7 Å². The third kappa shape index (κ3) is 14.8. The number of carbonyl (C=O) groups excluding carboxylic acids is 1. The maximum atomic E-state index is 16.7. The van der Waals surface area contributed by atoms with E-state index in [0.29, 0.717) is 51.3 Å². The number of anilines is 1. The topological polar surface area (TPSA) is 404 Å². The molecule has 35 nitrogen and oxygen atoms in total. The van der Waals surface area contributed by atoms with Crippen molar-refractivity contribution in [2.75, 3.05) is 38.4 Å². The van der Waals surface area contributed by atoms with Crippen LogP contribution >= 0.6 is 40.7 Å². The van der Waals surface area contributed by atoms with E-state index in [1.165, 1.54) is 80.8 Å². The minimum Gasteiger partial charge on any atom is -0.349 e. The van der Waals surface area contributed by atoms with Gasteiger partial charge in [-0.25, -0.2) is 81.9 Å². The number of amides is 1. The van der Waals surface area contributed by atoms with Crippen LogP contribution in [-0.2, 0) is 94.3 Å². The third-order valence-corrected chi connectivity index (χ3v) is 23.0. The van der Waals surface area contributed by atoms with Crippen molar-refractivity contribution in [2.24, 2.45) is 0 Å². The number of hydrogen-bond donors (Lipinski definition) is 3. The monoisotopic (exact) mass is 1550 g/mol. The summed E-state index contributed by atoms with van der Waals surface area (Å²) in [5, 5.41) is 9.20. The van der Waals surface area contributed by atoms with Gasteiger partial charge < -0.3 is 37.4 Å². The lowest BCUT2D eigenvalue weighted by molar-refractivity contribution is -0.0564. The van der Waals surface area contributed by atoms with E-state index >= 15 is 17.6 Å². The van der Waals surface area contributed by atoms with Crippen molar-refractivity contribution in [2.45, 2.75) is 145 Å². The molecule has 102 heavy (non-hydrogen) atoms. The zero-order chi connectivity index (χ0) is 72.1. The molecule has 2 N–H and O–H groups in total. The number of alkyl halides is 4. The average molecular weight is 1550 g/mol. The van der Waals surface area contributed by atoms with Gasteiger partial charge in [0.25, 0.3) is 5.91 Å². The molecular weight excluding hydrogens is 1490 g/mol. The van der Waals surface area contributed by atoms with Crippen LogP contribution in [0.3, 0.4) is 0 Å². The van der Waals surface area contributed by atoms with Crippen LogP contribution in [0.4, 0.5) is 23.4 Å². The summed E-state index contributed by atoms with van der Waals surface area (Å²) in [6.07, 6.45) is -13.3. The number of nitriles is 1. The fourth-order valence-electron chi connectivity index (χ4n) is 12.1. The molecule has 13 heterocycles. The number of hydrogen-bond acceptors (Lipinski definition) is 30. The Hall–Kier alpha value is -6.48. The van der Waals surface area contributed by atoms with Gasteiger partial charge in [-0.3, -0.25) is 46.1 Å². The lowest BCUT2D eigenvalue weighted by atomic mass is 10.1. The van der Waals surface area contributed by atoms with Crippen molar-refractivity contribution >= 4 is 121 Å². The van der Waals surface area contributed by atoms with Crippen LogP contribution in [0.2, 0.25) is 0 Å². The molecule has 20 atom stereocenters. The number of fused-ring (bicyclic) bond motifs is 6. The van der Waals surface area contributed by atoms with Crippen LogP contribution in [0.1, 0.15) is 79.0 Å². The van der Waals surface area contributed by atoms with Gasteiger partial charge in [-0.15, -0.1) is 9.42 Å². The maximum Gasteiger partial charge on any atom is 0.695 e. The first-order chi connectivity index (χ1) is 48.9. The van der Waals surface area contributed by atoms with Crippen molar-refractivity contribution in [3.05, 3.63) is 104 Å². The van der Waals surface area contributed by atoms with Gasteiger partial charge in [0.15, 0.2) is 89.6 Å². The number of ether oxygens (including phenoxy) is 4. The van der Waals surface area contributed by atoms with Crippen LogP contribution in [0.5, 0.6) is 0 Å². The molecule has 1 amide bonds. The zero-order valence-corrected chi connectivity index (χ0v) is 59.9. The highest BCUT2D eigenvalue weighted by molar-refractivity contribution is 8.44. The fraction of sp³-hybridized carbons (Fsp3) is 0.500. The molecule has 4 unspecified atom stereocenters. The molecule has 5 fully saturated rings. The number of benzene rings is 1. The summed E-state index contributed by atoms with van der Waals surface area (Å²) in [6, 6.07) is 10.5. The largest absolute Gasteiger partial charge is 0.695 e. The van der Waals surface area contributed by atoms with Gasteiger partial charge in [0.1, 0.15) is 78.5 Å². The summed E-state index contributed by atoms with van der Waals surface area (Å²) in [4.78, 5) is 85.8. The van der Waals surface area contributed by atoms with E-state index in [9.17, 15) is 29.0 Å². The van der Waals surface area contributed by atoms with E-state index in [2.05, 4.69) is 72.1 Å². The first-order valence-corrected chi connectivity index (χ1v) is 40.1. The van der Waals surface area contributed by atoms with E-state index < -0.39 is 147 Å². The third-order valence-electron chi connectivity index (χ3n) is 17.0. The summed E-state index contributed by atoms with van der Waals surface area (Å²) in [7, 11) is -1.77. The van der Waals surface area contributed by atoms with Crippen molar-refractivity contribution in [1.82, 2.24) is 78.1 Å². The lowest BCUT2D eigenvalue weighted by Crippen LogP contribution is -2.37. The minimum atomic E-state index is -4.35. The highest BCUT2D eigenvalue weighted by Gasteiger charge is 2.56. The van der Waals surface area contributed by atoms with Crippen LogP contribution < -0.4 is 4.90 Å². The van der Waals surface area contributed by atoms with E-state index in [-0.39, 0.29) is 53.6 Å². The molecule has 1 aromatic carbocycles. The highest BCUT2D eigenvalue weighted by atomic mass is 32.7. The standard InChI is InChI=1S/C33H34F2N10O9P2S.C23H26F2N8O8P2S2/c1-4-20-27(23(35)33(51-20)45-17-42-25-28(38-15-40-30(25)45)43(3)31(46)19-9-6-5-7-10-19)54-56(57,49-12-8-11-36)50-13-21-26(53-55(47)48)22(34)32(52-21)44-16-41-24-18(2)37-14-39-29(24)44;1-3-11-17-21(29-7-27-11)33(9-31-17)23-15(25)19-13(39-23)5-37-42(34,44)40-18-12(4-36-43(35,45)41-19)38-22(14(18)24)32-8-30-16-10(2)26-6-28-20(16)32/h5-7,9-10,14-17,20-23,26-27,32-33H,4,8,12-13H2,1-3H3;6-9,12-15,18-19,22-23H,3-5H2,1-2H3,(H,34,44)(H,35,45)/p+1/t20-,21-,22-,23-,26-,27-,32-,33-,56?;12-,13-,14-,15-,18-,19-,22-,23-,42?,43?/m11/s1. The number of nitrogens with zero attached hydrogens (tertiary/aromatic N) is 18. The predicted octanol–water partition coefficient (Wildman–Crippen LogP) is 7.80. The normalized spacial score (nSPS) is 31.2. The van der Waals surface area contributed by atoms with E-state index in [1.807, 2.05) is 13.0 Å². The second kappa shape index (κ2) is 30.5. The molecule has 542 valence electrons. The highest BCUT2D eigenvalue weighted by Crippen LogP contribution is 2.60. The summed E-state index contributed by atoms with van der Waals surface area (Å²) in [5.41, 5.74) is 4.64. The van der Waals surface area contributed by atoms with Gasteiger partial charge >= 0.3 is 28.5 Å². The molecule has 5 saturated heterocycles. The molecule has 0 radical (unpaired) electrons. The molecule has 46 heteroatoms. The van der Waals surface area contributed by atoms with Gasteiger partial charge in [-0.05, 0) is 62.4 Å². The van der Waals surface area contributed by atoms with Crippen molar-refractivity contribution in [3.63, 3.8) is 0 Å². The Morgan fingerprint density at radius 1 is 0.706 bits per heavy atom. The zero-order valence-electron chi connectivity index (χ0n) is 53.8. The number of imidazole rings is 4. The first kappa shape index (κ1) is 73.8. The second-order valence-electron chi connectivity index (χ2n) is 23.3. The summed E-state index contributed by atoms with van der Waals surface area (Å²) in [6.45, 7) is -7.57. The fourth-order valence-corrected chi connectivity index (χ4v) is 17.6. The first-order valence-electron chi connectivity index (χ1n) is 31.1. The molecule has 0 aliphatic carbocycles. The predicted molar refractivity (Wildman–Crippen MR) is 356 cm³/mol. The van der Waals surface area contributed by atoms with Crippen molar-refractivity contribution in [1.29, 1.82) is 5.26 Å². The number of aryl methyl sites for hydroxylation is 3. The van der Waals surface area contributed by atoms with Gasteiger partial charge in [0, 0.05) is 17.2 Å². The molecular formula is C56H61F4N18O17P4S3+. The quantitative estimate of drug-likeness (QED) is 0.0319. The minimum absolute atomic E-state index is 0.129. The molecule has 14 rings (SSSR count). The van der Waals surface area contributed by atoms with Crippen LogP contribution in [0.15, 0.2) is 81.0 Å². The Kier molecular flexibility index (Phi) is 22.1. The molecule has 5 aliphatic heterocycles. The van der Waals surface area contributed by atoms with Crippen molar-refractivity contribution in [3.8, 4) is 6.07 Å².